The molecule has 0 spiro atoms. The van der Waals surface area contributed by atoms with Crippen LogP contribution < -0.4 is 4.90 Å². The predicted octanol–water partition coefficient (Wildman–Crippen LogP) is 6.21. The molecular formula is C33H45N3O2. The normalized spacial score (nSPS) is 27.8. The average Bonchev–Trinajstić information content (AvgIpc) is 3.17. The van der Waals surface area contributed by atoms with E-state index >= 15 is 0 Å². The first kappa shape index (κ1) is 27.0. The van der Waals surface area contributed by atoms with Crippen LogP contribution in [0.25, 0.3) is 0 Å². The number of hydrogen-bond donors (Lipinski definition) is 0. The lowest BCUT2D eigenvalue weighted by Gasteiger charge is -2.47. The number of carbonyl (C=O) groups is 1. The van der Waals surface area contributed by atoms with Gasteiger partial charge in [0.2, 0.25) is 5.91 Å². The number of para-hydroxylation sites is 1. The number of anilines is 1. The molecule has 0 radical (unpaired) electrons. The number of piperidine rings is 1. The van der Waals surface area contributed by atoms with Crippen LogP contribution in [-0.4, -0.2) is 60.2 Å². The number of nitrogens with zero attached hydrogens (tertiary/aromatic N) is 3. The molecule has 2 bridgehead atoms. The average molecular weight is 516 g/mol. The van der Waals surface area contributed by atoms with Gasteiger partial charge in [0.1, 0.15) is 6.73 Å². The number of carbonyl (C=O) groups excluding carboxylic acids is 1. The van der Waals surface area contributed by atoms with Crippen molar-refractivity contribution in [1.29, 1.82) is 0 Å². The Balaban J connectivity index is 1.28. The molecule has 1 amide bonds. The van der Waals surface area contributed by atoms with E-state index in [2.05, 4.69) is 77.0 Å². The summed E-state index contributed by atoms with van der Waals surface area (Å²) in [6, 6.07) is 23.3. The molecule has 3 aliphatic heterocycles. The Labute approximate surface area is 229 Å². The van der Waals surface area contributed by atoms with Gasteiger partial charge in [-0.1, -0.05) is 75.4 Å². The van der Waals surface area contributed by atoms with Gasteiger partial charge < -0.3 is 14.5 Å². The van der Waals surface area contributed by atoms with Gasteiger partial charge in [0, 0.05) is 48.9 Å². The van der Waals surface area contributed by atoms with Crippen LogP contribution in [0.3, 0.4) is 0 Å². The second-order valence-electron chi connectivity index (χ2n) is 12.5. The molecule has 38 heavy (non-hydrogen) atoms. The summed E-state index contributed by atoms with van der Waals surface area (Å²) in [5.41, 5.74) is 1.81. The molecule has 1 unspecified atom stereocenters. The summed E-state index contributed by atoms with van der Waals surface area (Å²) in [4.78, 5) is 20.2. The van der Waals surface area contributed by atoms with Crippen molar-refractivity contribution < 1.29 is 9.53 Å². The van der Waals surface area contributed by atoms with Crippen molar-refractivity contribution in [1.82, 2.24) is 9.80 Å². The van der Waals surface area contributed by atoms with Crippen LogP contribution >= 0.6 is 0 Å². The van der Waals surface area contributed by atoms with Crippen LogP contribution in [0.1, 0.15) is 64.9 Å². The number of rotatable bonds is 8. The molecule has 204 valence electrons. The fourth-order valence-corrected chi connectivity index (χ4v) is 7.00. The number of fused-ring (bicyclic) bond motifs is 2. The van der Waals surface area contributed by atoms with E-state index in [9.17, 15) is 4.79 Å². The van der Waals surface area contributed by atoms with Crippen LogP contribution in [0.4, 0.5) is 5.69 Å². The third kappa shape index (κ3) is 5.55. The molecule has 4 atom stereocenters. The summed E-state index contributed by atoms with van der Waals surface area (Å²) in [6.45, 7) is 13.1. The van der Waals surface area contributed by atoms with Crippen molar-refractivity contribution in [2.45, 2.75) is 83.0 Å². The second kappa shape index (κ2) is 11.2. The highest BCUT2D eigenvalue weighted by atomic mass is 16.5. The van der Waals surface area contributed by atoms with E-state index in [0.717, 1.165) is 32.5 Å². The Kier molecular flexibility index (Phi) is 7.97. The van der Waals surface area contributed by atoms with Gasteiger partial charge in [-0.2, -0.15) is 0 Å². The molecule has 3 heterocycles. The Morgan fingerprint density at radius 3 is 2.24 bits per heavy atom. The first-order valence-corrected chi connectivity index (χ1v) is 14.5. The van der Waals surface area contributed by atoms with Crippen LogP contribution in [0, 0.1) is 5.41 Å². The van der Waals surface area contributed by atoms with Gasteiger partial charge in [-0.05, 0) is 56.2 Å². The van der Waals surface area contributed by atoms with E-state index in [4.69, 9.17) is 4.74 Å². The highest BCUT2D eigenvalue weighted by Gasteiger charge is 2.45. The zero-order valence-electron chi connectivity index (χ0n) is 23.5. The molecular weight excluding hydrogens is 470 g/mol. The van der Waals surface area contributed by atoms with E-state index in [1.54, 1.807) is 0 Å². The van der Waals surface area contributed by atoms with Gasteiger partial charge in [0.05, 0.1) is 5.60 Å². The second-order valence-corrected chi connectivity index (χ2v) is 12.5. The number of ether oxygens (including phenoxy) is 1. The first-order chi connectivity index (χ1) is 18.3. The van der Waals surface area contributed by atoms with Gasteiger partial charge >= 0.3 is 0 Å². The number of amides is 1. The fraction of sp³-hybridized carbons (Fsp3) is 0.545. The predicted molar refractivity (Wildman–Crippen MR) is 155 cm³/mol. The fourth-order valence-electron chi connectivity index (χ4n) is 7.00. The highest BCUT2D eigenvalue weighted by Crippen LogP contribution is 2.42. The Morgan fingerprint density at radius 1 is 1.05 bits per heavy atom. The third-order valence-corrected chi connectivity index (χ3v) is 9.00. The van der Waals surface area contributed by atoms with Crippen molar-refractivity contribution in [2.75, 3.05) is 31.3 Å². The largest absolute Gasteiger partial charge is 0.365 e. The van der Waals surface area contributed by atoms with E-state index in [0.29, 0.717) is 24.9 Å². The van der Waals surface area contributed by atoms with Crippen molar-refractivity contribution in [2.24, 2.45) is 5.41 Å². The van der Waals surface area contributed by atoms with E-state index in [1.807, 2.05) is 31.7 Å². The maximum atomic E-state index is 12.9. The van der Waals surface area contributed by atoms with Crippen LogP contribution in [0.2, 0.25) is 0 Å². The summed E-state index contributed by atoms with van der Waals surface area (Å²) >= 11 is 0. The third-order valence-electron chi connectivity index (χ3n) is 9.00. The molecule has 3 fully saturated rings. The SMILES string of the molecule is C=CCN(c1ccccc1)[C@H]1C[C@H]2CC[C@@H](C1)N2CCC1(c2ccccc2)CCN(C(=O)C(C)(C)C)CO1. The Bertz CT molecular complexity index is 1060. The smallest absolute Gasteiger partial charge is 0.229 e. The summed E-state index contributed by atoms with van der Waals surface area (Å²) in [5.74, 6) is 0.168. The topological polar surface area (TPSA) is 36.0 Å². The highest BCUT2D eigenvalue weighted by molar-refractivity contribution is 5.81. The van der Waals surface area contributed by atoms with E-state index < -0.39 is 5.41 Å². The minimum atomic E-state index is -0.390. The van der Waals surface area contributed by atoms with E-state index in [1.165, 1.54) is 36.9 Å². The lowest BCUT2D eigenvalue weighted by molar-refractivity contribution is -0.176. The minimum absolute atomic E-state index is 0.168. The standard InChI is InChI=1S/C33H45N3O2/c1-5-20-35(27-14-10-7-11-15-27)30-23-28-16-17-29(24-30)36(28)22-19-33(26-12-8-6-9-13-26)18-21-34(25-38-33)31(37)32(2,3)4/h5-15,28-30H,1,16-25H2,2-4H3/t28-,29+,30+,33?. The molecule has 0 aromatic heterocycles. The van der Waals surface area contributed by atoms with E-state index in [-0.39, 0.29) is 11.5 Å². The van der Waals surface area contributed by atoms with Gasteiger partial charge in [-0.25, -0.2) is 0 Å². The first-order valence-electron chi connectivity index (χ1n) is 14.5. The van der Waals surface area contributed by atoms with Gasteiger partial charge in [0.25, 0.3) is 0 Å². The molecule has 2 aromatic rings. The molecule has 2 aromatic carbocycles. The van der Waals surface area contributed by atoms with Gasteiger partial charge in [-0.15, -0.1) is 6.58 Å². The molecule has 0 N–H and O–H groups in total. The number of hydrogen-bond acceptors (Lipinski definition) is 4. The minimum Gasteiger partial charge on any atom is -0.365 e. The van der Waals surface area contributed by atoms with Crippen LogP contribution in [-0.2, 0) is 15.1 Å². The summed E-state index contributed by atoms with van der Waals surface area (Å²) in [5, 5.41) is 0. The van der Waals surface area contributed by atoms with Crippen LogP contribution in [0.5, 0.6) is 0 Å². The zero-order valence-corrected chi connectivity index (χ0v) is 23.5. The molecule has 3 saturated heterocycles. The quantitative estimate of drug-likeness (QED) is 0.392. The maximum absolute atomic E-state index is 12.9. The molecule has 0 aliphatic carbocycles. The molecule has 3 aliphatic rings. The molecule has 5 rings (SSSR count). The monoisotopic (exact) mass is 515 g/mol. The Morgan fingerprint density at radius 2 is 1.68 bits per heavy atom. The molecule has 0 saturated carbocycles. The van der Waals surface area contributed by atoms with Crippen molar-refractivity contribution in [3.05, 3.63) is 78.9 Å². The summed E-state index contributed by atoms with van der Waals surface area (Å²) < 4.78 is 6.67. The Hall–Kier alpha value is -2.63. The van der Waals surface area contributed by atoms with Crippen molar-refractivity contribution in [3.63, 3.8) is 0 Å². The summed E-state index contributed by atoms with van der Waals surface area (Å²) in [7, 11) is 0. The lowest BCUT2D eigenvalue weighted by atomic mass is 9.84. The summed E-state index contributed by atoms with van der Waals surface area (Å²) in [6.07, 6.45) is 8.81. The molecule has 5 nitrogen and oxygen atoms in total. The lowest BCUT2D eigenvalue weighted by Crippen LogP contribution is -2.53. The zero-order chi connectivity index (χ0) is 26.8. The maximum Gasteiger partial charge on any atom is 0.229 e. The van der Waals surface area contributed by atoms with Gasteiger partial charge in [-0.3, -0.25) is 9.69 Å². The van der Waals surface area contributed by atoms with Crippen LogP contribution in [0.15, 0.2) is 73.3 Å². The molecule has 5 heteroatoms. The van der Waals surface area contributed by atoms with Crippen molar-refractivity contribution >= 4 is 11.6 Å². The number of benzene rings is 2. The van der Waals surface area contributed by atoms with Gasteiger partial charge in [0.15, 0.2) is 0 Å². The van der Waals surface area contributed by atoms with Crippen molar-refractivity contribution in [3.8, 4) is 0 Å².